The average Bonchev–Trinajstić information content (AvgIpc) is 3.25. The van der Waals surface area contributed by atoms with Crippen molar-refractivity contribution in [1.29, 1.82) is 0 Å². The van der Waals surface area contributed by atoms with Gasteiger partial charge in [-0.15, -0.1) is 0 Å². The monoisotopic (exact) mass is 479 g/mol. The third-order valence-electron chi connectivity index (χ3n) is 5.49. The Morgan fingerprint density at radius 3 is 2.57 bits per heavy atom. The van der Waals surface area contributed by atoms with Crippen molar-refractivity contribution in [3.8, 4) is 5.75 Å². The quantitative estimate of drug-likeness (QED) is 0.258. The highest BCUT2D eigenvalue weighted by Gasteiger charge is 2.27. The predicted octanol–water partition coefficient (Wildman–Crippen LogP) is 4.48. The maximum Gasteiger partial charge on any atom is 0.377 e. The average molecular weight is 479 g/mol. The van der Waals surface area contributed by atoms with Gasteiger partial charge in [0.2, 0.25) is 5.65 Å². The van der Waals surface area contributed by atoms with Gasteiger partial charge in [-0.2, -0.15) is 8.80 Å². The van der Waals surface area contributed by atoms with Crippen molar-refractivity contribution in [2.75, 3.05) is 7.11 Å². The van der Waals surface area contributed by atoms with Crippen LogP contribution in [0, 0.1) is 3.57 Å². The zero-order valence-corrected chi connectivity index (χ0v) is 17.5. The van der Waals surface area contributed by atoms with Crippen LogP contribution in [0.3, 0.4) is 0 Å². The number of methoxy groups -OCH3 is 1. The number of imidazole rings is 2. The lowest BCUT2D eigenvalue weighted by molar-refractivity contribution is -0.621. The van der Waals surface area contributed by atoms with Gasteiger partial charge < -0.3 is 4.74 Å². The van der Waals surface area contributed by atoms with Gasteiger partial charge in [-0.05, 0) is 59.0 Å². The molecule has 0 aliphatic carbocycles. The van der Waals surface area contributed by atoms with Crippen molar-refractivity contribution < 1.29 is 9.30 Å². The third kappa shape index (κ3) is 1.86. The van der Waals surface area contributed by atoms with Gasteiger partial charge in [0.1, 0.15) is 16.6 Å². The zero-order valence-electron chi connectivity index (χ0n) is 15.3. The summed E-state index contributed by atoms with van der Waals surface area (Å²) in [5.74, 6) is 1.88. The van der Waals surface area contributed by atoms with Gasteiger partial charge in [-0.1, -0.05) is 24.3 Å². The maximum atomic E-state index is 5.71. The van der Waals surface area contributed by atoms with E-state index >= 15 is 0 Å². The Morgan fingerprint density at radius 2 is 1.71 bits per heavy atom. The molecule has 3 heterocycles. The largest absolute Gasteiger partial charge is 0.493 e. The molecule has 0 unspecified atom stereocenters. The van der Waals surface area contributed by atoms with Crippen molar-refractivity contribution in [2.45, 2.75) is 0 Å². The number of aromatic nitrogens is 4. The number of ether oxygens (including phenoxy) is 1. The molecule has 6 aromatic rings. The Bertz CT molecular complexity index is 1580. The Hall–Kier alpha value is -2.87. The summed E-state index contributed by atoms with van der Waals surface area (Å²) in [5, 5.41) is 1.12. The molecule has 3 aromatic heterocycles. The van der Waals surface area contributed by atoms with E-state index in [9.17, 15) is 0 Å². The van der Waals surface area contributed by atoms with Crippen LogP contribution in [0.4, 0.5) is 0 Å². The molecule has 0 amide bonds. The van der Waals surface area contributed by atoms with E-state index in [1.807, 2.05) is 18.2 Å². The molecule has 0 saturated heterocycles. The van der Waals surface area contributed by atoms with E-state index in [0.29, 0.717) is 0 Å². The Morgan fingerprint density at radius 1 is 0.929 bits per heavy atom. The first-order valence-corrected chi connectivity index (χ1v) is 10.1. The minimum atomic E-state index is 0.821. The Kier molecular flexibility index (Phi) is 3.21. The molecule has 0 bridgehead atoms. The molecule has 0 fully saturated rings. The molecule has 0 aliphatic heterocycles. The topological polar surface area (TPSA) is 34.8 Å². The van der Waals surface area contributed by atoms with Crippen LogP contribution in [0.5, 0.6) is 5.75 Å². The summed E-state index contributed by atoms with van der Waals surface area (Å²) in [6.07, 6.45) is 0. The molecule has 0 spiro atoms. The number of rotatable bonds is 1. The SMILES string of the molecule is COc1cccc2nc3c4ccccc4n4c5cccc(I)c5[n+](C)c4n3c12. The lowest BCUT2D eigenvalue weighted by Crippen LogP contribution is -2.30. The van der Waals surface area contributed by atoms with Gasteiger partial charge >= 0.3 is 5.78 Å². The van der Waals surface area contributed by atoms with E-state index in [-0.39, 0.29) is 0 Å². The highest BCUT2D eigenvalue weighted by Crippen LogP contribution is 2.33. The Balaban J connectivity index is 2.09. The van der Waals surface area contributed by atoms with Crippen molar-refractivity contribution in [3.63, 3.8) is 0 Å². The van der Waals surface area contributed by atoms with Crippen molar-refractivity contribution in [1.82, 2.24) is 13.8 Å². The summed E-state index contributed by atoms with van der Waals surface area (Å²) < 4.78 is 13.7. The number of hydrogen-bond acceptors (Lipinski definition) is 2. The van der Waals surface area contributed by atoms with Crippen LogP contribution < -0.4 is 9.30 Å². The van der Waals surface area contributed by atoms with Gasteiger partial charge in [-0.3, -0.25) is 0 Å². The second-order valence-electron chi connectivity index (χ2n) is 6.92. The van der Waals surface area contributed by atoms with Gasteiger partial charge in [0.15, 0.2) is 16.8 Å². The molecule has 28 heavy (non-hydrogen) atoms. The van der Waals surface area contributed by atoms with Crippen LogP contribution in [0.1, 0.15) is 0 Å². The standard InChI is InChI=1S/C22H16IN4O/c1-25-19-14(23)8-5-11-17(19)26-16-10-4-3-7-13(16)21-24-15-9-6-12-18(28-2)20(15)27(21)22(25)26/h3-12H,1-2H3/q+1. The van der Waals surface area contributed by atoms with Crippen LogP contribution in [-0.4, -0.2) is 20.9 Å². The minimum Gasteiger partial charge on any atom is -0.493 e. The molecule has 6 rings (SSSR count). The van der Waals surface area contributed by atoms with Gasteiger partial charge in [0.05, 0.1) is 23.1 Å². The zero-order chi connectivity index (χ0) is 19.0. The molecule has 0 N–H and O–H groups in total. The number of halogens is 1. The molecule has 3 aromatic carbocycles. The fraction of sp³-hybridized carbons (Fsp3) is 0.0909. The fourth-order valence-electron chi connectivity index (χ4n) is 4.36. The third-order valence-corrected chi connectivity index (χ3v) is 6.36. The first kappa shape index (κ1) is 16.1. The van der Waals surface area contributed by atoms with E-state index in [4.69, 9.17) is 9.72 Å². The summed E-state index contributed by atoms with van der Waals surface area (Å²) in [5.41, 5.74) is 6.39. The summed E-state index contributed by atoms with van der Waals surface area (Å²) in [7, 11) is 3.83. The first-order valence-electron chi connectivity index (χ1n) is 9.05. The van der Waals surface area contributed by atoms with E-state index in [1.165, 1.54) is 14.6 Å². The highest BCUT2D eigenvalue weighted by molar-refractivity contribution is 14.1. The predicted molar refractivity (Wildman–Crippen MR) is 119 cm³/mol. The summed E-state index contributed by atoms with van der Waals surface area (Å²) in [6, 6.07) is 20.9. The van der Waals surface area contributed by atoms with E-state index in [1.54, 1.807) is 7.11 Å². The number of hydrogen-bond donors (Lipinski definition) is 0. The van der Waals surface area contributed by atoms with E-state index < -0.39 is 0 Å². The number of para-hydroxylation sites is 3. The van der Waals surface area contributed by atoms with Crippen LogP contribution in [0.15, 0.2) is 60.7 Å². The van der Waals surface area contributed by atoms with Crippen molar-refractivity contribution in [2.24, 2.45) is 7.05 Å². The van der Waals surface area contributed by atoms with E-state index in [2.05, 4.69) is 85.5 Å². The molecule has 136 valence electrons. The normalized spacial score (nSPS) is 12.1. The van der Waals surface area contributed by atoms with Crippen LogP contribution in [0.25, 0.3) is 44.4 Å². The number of aryl methyl sites for hydroxylation is 1. The lowest BCUT2D eigenvalue weighted by atomic mass is 10.2. The molecule has 6 heteroatoms. The molecule has 0 radical (unpaired) electrons. The minimum absolute atomic E-state index is 0.821. The molecular weight excluding hydrogens is 463 g/mol. The lowest BCUT2D eigenvalue weighted by Gasteiger charge is -2.03. The second-order valence-corrected chi connectivity index (χ2v) is 8.08. The van der Waals surface area contributed by atoms with Gasteiger partial charge in [0.25, 0.3) is 0 Å². The molecule has 0 aliphatic rings. The molecular formula is C22H16IN4O+. The second kappa shape index (κ2) is 5.57. The smallest absolute Gasteiger partial charge is 0.377 e. The van der Waals surface area contributed by atoms with Crippen molar-refractivity contribution in [3.05, 3.63) is 64.2 Å². The van der Waals surface area contributed by atoms with Crippen LogP contribution >= 0.6 is 22.6 Å². The van der Waals surface area contributed by atoms with Crippen molar-refractivity contribution >= 4 is 67.0 Å². The maximum absolute atomic E-state index is 5.71. The molecule has 0 saturated carbocycles. The fourth-order valence-corrected chi connectivity index (χ4v) is 5.20. The summed E-state index contributed by atoms with van der Waals surface area (Å²) >= 11 is 2.41. The van der Waals surface area contributed by atoms with Crippen LogP contribution in [-0.2, 0) is 7.05 Å². The number of nitrogens with zero attached hydrogens (tertiary/aromatic N) is 4. The Labute approximate surface area is 173 Å². The van der Waals surface area contributed by atoms with E-state index in [0.717, 1.165) is 39.1 Å². The number of benzene rings is 3. The summed E-state index contributed by atoms with van der Waals surface area (Å²) in [6.45, 7) is 0. The summed E-state index contributed by atoms with van der Waals surface area (Å²) in [4.78, 5) is 4.99. The van der Waals surface area contributed by atoms with Crippen LogP contribution in [0.2, 0.25) is 0 Å². The first-order chi connectivity index (χ1) is 13.7. The number of fused-ring (bicyclic) bond motifs is 10. The molecule has 0 atom stereocenters. The highest BCUT2D eigenvalue weighted by atomic mass is 127. The van der Waals surface area contributed by atoms with Gasteiger partial charge in [-0.25, -0.2) is 9.55 Å². The van der Waals surface area contributed by atoms with Gasteiger partial charge in [0, 0.05) is 0 Å². The molecule has 5 nitrogen and oxygen atoms in total.